The molecule has 0 aliphatic carbocycles. The summed E-state index contributed by atoms with van der Waals surface area (Å²) in [5.41, 5.74) is 0. The summed E-state index contributed by atoms with van der Waals surface area (Å²) in [6, 6.07) is 0. The SMILES string of the molecule is C/C=C/[C@H](O)[C@H](C)C(=O)SCC. The molecule has 2 atom stereocenters. The van der Waals surface area contributed by atoms with E-state index in [4.69, 9.17) is 0 Å². The van der Waals surface area contributed by atoms with Gasteiger partial charge in [-0.05, 0) is 12.7 Å². The Kier molecular flexibility index (Phi) is 6.11. The molecule has 0 fully saturated rings. The van der Waals surface area contributed by atoms with Crippen molar-refractivity contribution >= 4 is 16.9 Å². The van der Waals surface area contributed by atoms with E-state index in [9.17, 15) is 9.90 Å². The van der Waals surface area contributed by atoms with Gasteiger partial charge in [0.1, 0.15) is 0 Å². The highest BCUT2D eigenvalue weighted by molar-refractivity contribution is 8.13. The summed E-state index contributed by atoms with van der Waals surface area (Å²) in [6.07, 6.45) is 2.76. The maximum atomic E-state index is 11.2. The molecule has 0 saturated carbocycles. The summed E-state index contributed by atoms with van der Waals surface area (Å²) < 4.78 is 0. The van der Waals surface area contributed by atoms with E-state index in [0.717, 1.165) is 5.75 Å². The van der Waals surface area contributed by atoms with Crippen molar-refractivity contribution in [3.05, 3.63) is 12.2 Å². The van der Waals surface area contributed by atoms with E-state index in [-0.39, 0.29) is 11.0 Å². The zero-order chi connectivity index (χ0) is 9.56. The van der Waals surface area contributed by atoms with Gasteiger partial charge in [0.05, 0.1) is 12.0 Å². The molecule has 0 saturated heterocycles. The Morgan fingerprint density at radius 2 is 2.25 bits per heavy atom. The predicted octanol–water partition coefficient (Wildman–Crippen LogP) is 1.84. The number of carbonyl (C=O) groups is 1. The summed E-state index contributed by atoms with van der Waals surface area (Å²) in [6.45, 7) is 5.50. The summed E-state index contributed by atoms with van der Waals surface area (Å²) in [5.74, 6) is 0.470. The van der Waals surface area contributed by atoms with E-state index in [1.165, 1.54) is 11.8 Å². The number of aliphatic hydroxyl groups is 1. The van der Waals surface area contributed by atoms with Crippen molar-refractivity contribution in [2.75, 3.05) is 5.75 Å². The van der Waals surface area contributed by atoms with Crippen LogP contribution in [0.3, 0.4) is 0 Å². The smallest absolute Gasteiger partial charge is 0.194 e. The van der Waals surface area contributed by atoms with Gasteiger partial charge in [0, 0.05) is 0 Å². The quantitative estimate of drug-likeness (QED) is 0.684. The monoisotopic (exact) mass is 188 g/mol. The summed E-state index contributed by atoms with van der Waals surface area (Å²) >= 11 is 1.26. The van der Waals surface area contributed by atoms with Crippen LogP contribution >= 0.6 is 11.8 Å². The Bertz CT molecular complexity index is 166. The van der Waals surface area contributed by atoms with E-state index in [2.05, 4.69) is 0 Å². The first-order valence-corrected chi connectivity index (χ1v) is 5.09. The standard InChI is InChI=1S/C9H16O2S/c1-4-6-8(10)7(3)9(11)12-5-2/h4,6-8,10H,5H2,1-3H3/b6-4+/t7-,8-/m0/s1. The average Bonchev–Trinajstić information content (AvgIpc) is 2.04. The van der Waals surface area contributed by atoms with Gasteiger partial charge in [0.15, 0.2) is 5.12 Å². The molecule has 0 rings (SSSR count). The normalized spacial score (nSPS) is 16.3. The number of carbonyl (C=O) groups excluding carboxylic acids is 1. The molecule has 0 aromatic heterocycles. The third-order valence-corrected chi connectivity index (χ3v) is 2.51. The third kappa shape index (κ3) is 3.93. The Labute approximate surface area is 78.0 Å². The Morgan fingerprint density at radius 1 is 1.67 bits per heavy atom. The minimum atomic E-state index is -0.637. The first-order chi connectivity index (χ1) is 5.63. The Morgan fingerprint density at radius 3 is 2.67 bits per heavy atom. The van der Waals surface area contributed by atoms with Crippen LogP contribution in [-0.4, -0.2) is 22.1 Å². The number of hydrogen-bond acceptors (Lipinski definition) is 3. The lowest BCUT2D eigenvalue weighted by Gasteiger charge is -2.12. The van der Waals surface area contributed by atoms with Crippen molar-refractivity contribution in [1.29, 1.82) is 0 Å². The fraction of sp³-hybridized carbons (Fsp3) is 0.667. The molecule has 3 heteroatoms. The Hall–Kier alpha value is -0.280. The van der Waals surface area contributed by atoms with E-state index in [1.807, 2.05) is 13.8 Å². The number of hydrogen-bond donors (Lipinski definition) is 1. The van der Waals surface area contributed by atoms with Crippen LogP contribution in [0.4, 0.5) is 0 Å². The highest BCUT2D eigenvalue weighted by Gasteiger charge is 2.18. The van der Waals surface area contributed by atoms with Crippen LogP contribution in [0.25, 0.3) is 0 Å². The highest BCUT2D eigenvalue weighted by Crippen LogP contribution is 2.14. The molecule has 0 amide bonds. The summed E-state index contributed by atoms with van der Waals surface area (Å²) in [4.78, 5) is 11.2. The first kappa shape index (κ1) is 11.7. The van der Waals surface area contributed by atoms with Gasteiger partial charge in [-0.15, -0.1) is 0 Å². The lowest BCUT2D eigenvalue weighted by atomic mass is 10.1. The average molecular weight is 188 g/mol. The zero-order valence-corrected chi connectivity index (χ0v) is 8.60. The molecular formula is C9H16O2S. The van der Waals surface area contributed by atoms with Gasteiger partial charge in [-0.25, -0.2) is 0 Å². The van der Waals surface area contributed by atoms with Gasteiger partial charge in [-0.1, -0.05) is 37.8 Å². The maximum absolute atomic E-state index is 11.2. The molecule has 0 aromatic rings. The van der Waals surface area contributed by atoms with Crippen LogP contribution in [0, 0.1) is 5.92 Å². The number of thioether (sulfide) groups is 1. The van der Waals surface area contributed by atoms with Crippen LogP contribution in [0.2, 0.25) is 0 Å². The van der Waals surface area contributed by atoms with Crippen molar-refractivity contribution < 1.29 is 9.90 Å². The van der Waals surface area contributed by atoms with E-state index < -0.39 is 6.10 Å². The topological polar surface area (TPSA) is 37.3 Å². The van der Waals surface area contributed by atoms with Gasteiger partial charge >= 0.3 is 0 Å². The second-order valence-corrected chi connectivity index (χ2v) is 3.83. The molecule has 70 valence electrons. The lowest BCUT2D eigenvalue weighted by molar-refractivity contribution is -0.116. The van der Waals surface area contributed by atoms with Gasteiger partial charge in [-0.3, -0.25) is 4.79 Å². The maximum Gasteiger partial charge on any atom is 0.194 e. The van der Waals surface area contributed by atoms with E-state index >= 15 is 0 Å². The first-order valence-electron chi connectivity index (χ1n) is 4.11. The molecule has 0 spiro atoms. The van der Waals surface area contributed by atoms with Crippen LogP contribution in [0.15, 0.2) is 12.2 Å². The minimum Gasteiger partial charge on any atom is -0.388 e. The molecule has 0 aliphatic heterocycles. The van der Waals surface area contributed by atoms with E-state index in [0.29, 0.717) is 0 Å². The minimum absolute atomic E-state index is 0.0584. The molecule has 0 unspecified atom stereocenters. The third-order valence-electron chi connectivity index (χ3n) is 1.56. The van der Waals surface area contributed by atoms with Gasteiger partial charge in [-0.2, -0.15) is 0 Å². The van der Waals surface area contributed by atoms with Crippen LogP contribution in [0.1, 0.15) is 20.8 Å². The molecule has 1 N–H and O–H groups in total. The van der Waals surface area contributed by atoms with Crippen molar-refractivity contribution in [1.82, 2.24) is 0 Å². The molecular weight excluding hydrogens is 172 g/mol. The predicted molar refractivity (Wildman–Crippen MR) is 53.1 cm³/mol. The van der Waals surface area contributed by atoms with Crippen LogP contribution in [0.5, 0.6) is 0 Å². The second kappa shape index (κ2) is 6.26. The fourth-order valence-electron chi connectivity index (χ4n) is 0.777. The molecule has 0 bridgehead atoms. The van der Waals surface area contributed by atoms with Crippen LogP contribution in [-0.2, 0) is 4.79 Å². The number of rotatable bonds is 4. The highest BCUT2D eigenvalue weighted by atomic mass is 32.2. The molecule has 2 nitrogen and oxygen atoms in total. The van der Waals surface area contributed by atoms with E-state index in [1.54, 1.807) is 19.1 Å². The zero-order valence-electron chi connectivity index (χ0n) is 7.78. The molecule has 0 aliphatic rings. The van der Waals surface area contributed by atoms with Crippen molar-refractivity contribution in [2.24, 2.45) is 5.92 Å². The summed E-state index contributed by atoms with van der Waals surface area (Å²) in [7, 11) is 0. The summed E-state index contributed by atoms with van der Waals surface area (Å²) in [5, 5.41) is 9.45. The van der Waals surface area contributed by atoms with Gasteiger partial charge in [0.25, 0.3) is 0 Å². The lowest BCUT2D eigenvalue weighted by Crippen LogP contribution is -2.21. The molecule has 12 heavy (non-hydrogen) atoms. The number of aliphatic hydroxyl groups excluding tert-OH is 1. The van der Waals surface area contributed by atoms with Crippen molar-refractivity contribution in [3.8, 4) is 0 Å². The molecule has 0 radical (unpaired) electrons. The van der Waals surface area contributed by atoms with Crippen molar-refractivity contribution in [3.63, 3.8) is 0 Å². The second-order valence-electron chi connectivity index (χ2n) is 2.56. The Balaban J connectivity index is 3.99. The van der Waals surface area contributed by atoms with Crippen LogP contribution < -0.4 is 0 Å². The van der Waals surface area contributed by atoms with Gasteiger partial charge in [0.2, 0.25) is 0 Å². The fourth-order valence-corrected chi connectivity index (χ4v) is 1.46. The molecule has 0 heterocycles. The molecule has 0 aromatic carbocycles. The van der Waals surface area contributed by atoms with Crippen molar-refractivity contribution in [2.45, 2.75) is 26.9 Å². The number of allylic oxidation sites excluding steroid dienone is 1. The largest absolute Gasteiger partial charge is 0.388 e. The van der Waals surface area contributed by atoms with Gasteiger partial charge < -0.3 is 5.11 Å².